The first-order chi connectivity index (χ1) is 15.9. The first-order valence-electron chi connectivity index (χ1n) is 12.1. The number of carbonyl (C=O) groups is 1. The monoisotopic (exact) mass is 470 g/mol. The lowest BCUT2D eigenvalue weighted by Gasteiger charge is -2.34. The SMILES string of the molecule is O=C(C1CCN(S(=O)(=O)c2ccc3c(c2)CCC3)CC1)N1CCCC1Cc1cccc(F)c1. The molecule has 2 saturated heterocycles. The van der Waals surface area contributed by atoms with Gasteiger partial charge < -0.3 is 4.90 Å². The summed E-state index contributed by atoms with van der Waals surface area (Å²) in [7, 11) is -3.53. The molecule has 5 nitrogen and oxygen atoms in total. The van der Waals surface area contributed by atoms with Gasteiger partial charge in [-0.1, -0.05) is 18.2 Å². The molecular formula is C26H31FN2O3S. The molecular weight excluding hydrogens is 439 g/mol. The summed E-state index contributed by atoms with van der Waals surface area (Å²) in [6, 6.07) is 12.2. The average Bonchev–Trinajstić information content (AvgIpc) is 3.47. The Morgan fingerprint density at radius 3 is 2.52 bits per heavy atom. The molecule has 2 aliphatic heterocycles. The van der Waals surface area contributed by atoms with Crippen molar-refractivity contribution in [3.63, 3.8) is 0 Å². The molecule has 176 valence electrons. The fraction of sp³-hybridized carbons (Fsp3) is 0.500. The maximum absolute atomic E-state index is 13.6. The molecule has 33 heavy (non-hydrogen) atoms. The maximum atomic E-state index is 13.6. The molecule has 1 unspecified atom stereocenters. The van der Waals surface area contributed by atoms with Gasteiger partial charge in [-0.3, -0.25) is 4.79 Å². The third-order valence-electron chi connectivity index (χ3n) is 7.53. The number of fused-ring (bicyclic) bond motifs is 1. The highest BCUT2D eigenvalue weighted by Gasteiger charge is 2.37. The number of piperidine rings is 1. The van der Waals surface area contributed by atoms with Crippen LogP contribution in [0.25, 0.3) is 0 Å². The number of aryl methyl sites for hydroxylation is 2. The number of amides is 1. The second-order valence-electron chi connectivity index (χ2n) is 9.62. The third kappa shape index (κ3) is 4.58. The topological polar surface area (TPSA) is 57.7 Å². The summed E-state index contributed by atoms with van der Waals surface area (Å²) in [6.45, 7) is 1.48. The molecule has 0 bridgehead atoms. The van der Waals surface area contributed by atoms with E-state index in [2.05, 4.69) is 0 Å². The second-order valence-corrected chi connectivity index (χ2v) is 11.6. The van der Waals surface area contributed by atoms with E-state index in [9.17, 15) is 17.6 Å². The predicted octanol–water partition coefficient (Wildman–Crippen LogP) is 3.95. The van der Waals surface area contributed by atoms with Crippen LogP contribution in [-0.2, 0) is 34.1 Å². The number of nitrogens with zero attached hydrogens (tertiary/aromatic N) is 2. The van der Waals surface area contributed by atoms with Crippen molar-refractivity contribution in [3.05, 3.63) is 65.0 Å². The van der Waals surface area contributed by atoms with E-state index in [0.29, 0.717) is 37.2 Å². The molecule has 0 N–H and O–H groups in total. The third-order valence-corrected chi connectivity index (χ3v) is 9.43. The van der Waals surface area contributed by atoms with Crippen LogP contribution in [0.15, 0.2) is 47.4 Å². The molecule has 2 fully saturated rings. The smallest absolute Gasteiger partial charge is 0.243 e. The van der Waals surface area contributed by atoms with Crippen molar-refractivity contribution < 1.29 is 17.6 Å². The van der Waals surface area contributed by atoms with E-state index in [4.69, 9.17) is 0 Å². The van der Waals surface area contributed by atoms with E-state index >= 15 is 0 Å². The Hall–Kier alpha value is -2.25. The second kappa shape index (κ2) is 9.18. The number of halogens is 1. The zero-order chi connectivity index (χ0) is 23.0. The highest BCUT2D eigenvalue weighted by Crippen LogP contribution is 2.31. The van der Waals surface area contributed by atoms with Gasteiger partial charge >= 0.3 is 0 Å². The molecule has 0 radical (unpaired) electrons. The Kier molecular flexibility index (Phi) is 6.27. The lowest BCUT2D eigenvalue weighted by atomic mass is 9.95. The van der Waals surface area contributed by atoms with Crippen molar-refractivity contribution in [2.24, 2.45) is 5.92 Å². The van der Waals surface area contributed by atoms with Crippen LogP contribution in [0.3, 0.4) is 0 Å². The molecule has 5 rings (SSSR count). The first-order valence-corrected chi connectivity index (χ1v) is 13.5. The van der Waals surface area contributed by atoms with Gasteiger partial charge in [0, 0.05) is 31.6 Å². The summed E-state index contributed by atoms with van der Waals surface area (Å²) in [5.74, 6) is -0.270. The van der Waals surface area contributed by atoms with E-state index < -0.39 is 10.0 Å². The van der Waals surface area contributed by atoms with Crippen molar-refractivity contribution in [2.45, 2.75) is 62.3 Å². The predicted molar refractivity (Wildman–Crippen MR) is 125 cm³/mol. The molecule has 0 aromatic heterocycles. The first kappa shape index (κ1) is 22.5. The van der Waals surface area contributed by atoms with Gasteiger partial charge in [-0.05, 0) is 92.3 Å². The van der Waals surface area contributed by atoms with E-state index in [1.54, 1.807) is 22.5 Å². The minimum absolute atomic E-state index is 0.0903. The van der Waals surface area contributed by atoms with Crippen LogP contribution in [0.4, 0.5) is 4.39 Å². The highest BCUT2D eigenvalue weighted by molar-refractivity contribution is 7.89. The van der Waals surface area contributed by atoms with Crippen LogP contribution in [0.5, 0.6) is 0 Å². The number of hydrogen-bond donors (Lipinski definition) is 0. The van der Waals surface area contributed by atoms with Crippen molar-refractivity contribution in [2.75, 3.05) is 19.6 Å². The number of likely N-dealkylation sites (tertiary alicyclic amines) is 1. The standard InChI is InChI=1S/C26H31FN2O3S/c27-23-7-1-4-19(16-23)17-24-8-3-13-29(24)26(30)21-11-14-28(15-12-21)33(31,32)25-10-9-20-5-2-6-22(20)18-25/h1,4,7,9-10,16,18,21,24H,2-3,5-6,8,11-15,17H2. The molecule has 2 aromatic carbocycles. The van der Waals surface area contributed by atoms with Gasteiger partial charge in [-0.25, -0.2) is 12.8 Å². The number of sulfonamides is 1. The largest absolute Gasteiger partial charge is 0.339 e. The molecule has 3 aliphatic rings. The van der Waals surface area contributed by atoms with Crippen LogP contribution in [-0.4, -0.2) is 49.2 Å². The van der Waals surface area contributed by atoms with Gasteiger partial charge in [0.25, 0.3) is 0 Å². The molecule has 1 aliphatic carbocycles. The lowest BCUT2D eigenvalue weighted by Crippen LogP contribution is -2.46. The minimum atomic E-state index is -3.53. The van der Waals surface area contributed by atoms with Crippen LogP contribution in [0, 0.1) is 11.7 Å². The summed E-state index contributed by atoms with van der Waals surface area (Å²) < 4.78 is 41.5. The minimum Gasteiger partial charge on any atom is -0.339 e. The van der Waals surface area contributed by atoms with E-state index in [0.717, 1.165) is 49.8 Å². The molecule has 7 heteroatoms. The van der Waals surface area contributed by atoms with Crippen molar-refractivity contribution in [1.29, 1.82) is 0 Å². The fourth-order valence-electron chi connectivity index (χ4n) is 5.71. The van der Waals surface area contributed by atoms with Crippen molar-refractivity contribution >= 4 is 15.9 Å². The normalized spacial score (nSPS) is 22.0. The Morgan fingerprint density at radius 2 is 1.73 bits per heavy atom. The number of benzene rings is 2. The van der Waals surface area contributed by atoms with Gasteiger partial charge in [-0.2, -0.15) is 4.31 Å². The van der Waals surface area contributed by atoms with Crippen LogP contribution >= 0.6 is 0 Å². The van der Waals surface area contributed by atoms with Crippen molar-refractivity contribution in [3.8, 4) is 0 Å². The Labute approximate surface area is 195 Å². The van der Waals surface area contributed by atoms with E-state index in [1.807, 2.05) is 23.1 Å². The van der Waals surface area contributed by atoms with Crippen LogP contribution < -0.4 is 0 Å². The highest BCUT2D eigenvalue weighted by atomic mass is 32.2. The van der Waals surface area contributed by atoms with Crippen LogP contribution in [0.2, 0.25) is 0 Å². The summed E-state index contributed by atoms with van der Waals surface area (Å²) in [4.78, 5) is 15.6. The van der Waals surface area contributed by atoms with E-state index in [-0.39, 0.29) is 23.7 Å². The molecule has 2 heterocycles. The Morgan fingerprint density at radius 1 is 0.939 bits per heavy atom. The summed E-state index contributed by atoms with van der Waals surface area (Å²) >= 11 is 0. The van der Waals surface area contributed by atoms with Gasteiger partial charge in [0.05, 0.1) is 4.90 Å². The van der Waals surface area contributed by atoms with Gasteiger partial charge in [0.2, 0.25) is 15.9 Å². The molecule has 0 saturated carbocycles. The van der Waals surface area contributed by atoms with Gasteiger partial charge in [0.15, 0.2) is 0 Å². The fourth-order valence-corrected chi connectivity index (χ4v) is 7.23. The lowest BCUT2D eigenvalue weighted by molar-refractivity contribution is -0.137. The maximum Gasteiger partial charge on any atom is 0.243 e. The van der Waals surface area contributed by atoms with Crippen molar-refractivity contribution in [1.82, 2.24) is 9.21 Å². The Balaban J connectivity index is 1.22. The summed E-state index contributed by atoms with van der Waals surface area (Å²) in [5, 5.41) is 0. The number of hydrogen-bond acceptors (Lipinski definition) is 3. The van der Waals surface area contributed by atoms with Crippen LogP contribution in [0.1, 0.15) is 48.8 Å². The molecule has 0 spiro atoms. The zero-order valence-corrected chi connectivity index (χ0v) is 19.7. The molecule has 2 aromatic rings. The molecule has 1 amide bonds. The number of carbonyl (C=O) groups excluding carboxylic acids is 1. The van der Waals surface area contributed by atoms with Gasteiger partial charge in [-0.15, -0.1) is 0 Å². The average molecular weight is 471 g/mol. The van der Waals surface area contributed by atoms with E-state index in [1.165, 1.54) is 11.6 Å². The summed E-state index contributed by atoms with van der Waals surface area (Å²) in [5.41, 5.74) is 3.33. The van der Waals surface area contributed by atoms with Gasteiger partial charge in [0.1, 0.15) is 5.82 Å². The summed E-state index contributed by atoms with van der Waals surface area (Å²) in [6.07, 6.45) is 6.70. The Bertz CT molecular complexity index is 1140. The quantitative estimate of drug-likeness (QED) is 0.665. The zero-order valence-electron chi connectivity index (χ0n) is 18.9. The molecule has 1 atom stereocenters. The number of rotatable bonds is 5.